The number of fused-ring (bicyclic) bond motifs is 1. The number of amides is 1. The van der Waals surface area contributed by atoms with Crippen LogP contribution in [0.5, 0.6) is 11.5 Å². The van der Waals surface area contributed by atoms with Crippen LogP contribution in [0.1, 0.15) is 41.1 Å². The Morgan fingerprint density at radius 2 is 2.09 bits per heavy atom. The first-order chi connectivity index (χ1) is 16.9. The summed E-state index contributed by atoms with van der Waals surface area (Å²) in [7, 11) is 3.12. The van der Waals surface area contributed by atoms with Crippen molar-refractivity contribution < 1.29 is 28.2 Å². The highest BCUT2D eigenvalue weighted by atomic mass is 32.2. The second kappa shape index (κ2) is 11.1. The third-order valence-electron chi connectivity index (χ3n) is 5.61. The molecule has 35 heavy (non-hydrogen) atoms. The fraction of sp³-hybridized carbons (Fsp3) is 0.417. The van der Waals surface area contributed by atoms with Crippen LogP contribution in [-0.2, 0) is 22.4 Å². The Morgan fingerprint density at radius 1 is 1.26 bits per heavy atom. The zero-order valence-electron chi connectivity index (χ0n) is 20.0. The molecule has 2 heterocycles. The van der Waals surface area contributed by atoms with Crippen LogP contribution in [0.25, 0.3) is 11.5 Å². The zero-order chi connectivity index (χ0) is 24.9. The summed E-state index contributed by atoms with van der Waals surface area (Å²) < 4.78 is 21.6. The number of benzene rings is 1. The molecule has 1 aliphatic rings. The lowest BCUT2D eigenvalue weighted by Gasteiger charge is -2.18. The minimum Gasteiger partial charge on any atom is -0.497 e. The summed E-state index contributed by atoms with van der Waals surface area (Å²) >= 11 is 2.57. The first-order valence-electron chi connectivity index (χ1n) is 11.2. The number of thioether (sulfide) groups is 1. The van der Waals surface area contributed by atoms with E-state index in [-0.39, 0.29) is 29.4 Å². The summed E-state index contributed by atoms with van der Waals surface area (Å²) in [5.74, 6) is 1.36. The van der Waals surface area contributed by atoms with Crippen LogP contribution in [0.2, 0.25) is 0 Å². The van der Waals surface area contributed by atoms with Gasteiger partial charge in [0.25, 0.3) is 11.1 Å². The highest BCUT2D eigenvalue weighted by Gasteiger charge is 2.29. The number of aromatic nitrogens is 2. The lowest BCUT2D eigenvalue weighted by molar-refractivity contribution is -0.113. The summed E-state index contributed by atoms with van der Waals surface area (Å²) in [6.45, 7) is 4.25. The second-order valence-electron chi connectivity index (χ2n) is 8.05. The van der Waals surface area contributed by atoms with E-state index in [4.69, 9.17) is 18.6 Å². The van der Waals surface area contributed by atoms with Gasteiger partial charge in [-0.25, -0.2) is 4.79 Å². The zero-order valence-corrected chi connectivity index (χ0v) is 21.6. The number of hydrogen-bond acceptors (Lipinski definition) is 10. The number of carbonyl (C=O) groups excluding carboxylic acids is 2. The fourth-order valence-electron chi connectivity index (χ4n) is 3.91. The van der Waals surface area contributed by atoms with Crippen molar-refractivity contribution in [3.8, 4) is 23.0 Å². The van der Waals surface area contributed by atoms with Gasteiger partial charge in [-0.1, -0.05) is 18.7 Å². The van der Waals surface area contributed by atoms with Crippen LogP contribution in [0, 0.1) is 5.92 Å². The molecule has 11 heteroatoms. The average Bonchev–Trinajstić information content (AvgIpc) is 3.46. The molecular weight excluding hydrogens is 490 g/mol. The predicted molar refractivity (Wildman–Crippen MR) is 134 cm³/mol. The number of hydrogen-bond donors (Lipinski definition) is 1. The van der Waals surface area contributed by atoms with E-state index in [1.54, 1.807) is 39.3 Å². The summed E-state index contributed by atoms with van der Waals surface area (Å²) in [5, 5.41) is 11.8. The van der Waals surface area contributed by atoms with Crippen molar-refractivity contribution in [2.75, 3.05) is 31.9 Å². The first kappa shape index (κ1) is 25.1. The van der Waals surface area contributed by atoms with Gasteiger partial charge >= 0.3 is 5.97 Å². The van der Waals surface area contributed by atoms with E-state index in [9.17, 15) is 9.59 Å². The molecule has 0 radical (unpaired) electrons. The Morgan fingerprint density at radius 3 is 2.83 bits per heavy atom. The van der Waals surface area contributed by atoms with E-state index in [0.29, 0.717) is 33.5 Å². The number of rotatable bonds is 9. The number of esters is 1. The minimum absolute atomic E-state index is 0.0398. The van der Waals surface area contributed by atoms with Crippen LogP contribution in [0.3, 0.4) is 0 Å². The SMILES string of the molecule is CCOC(=O)c1c(NC(=O)CSc2nnc(-c3cc(OC)ccc3OC)o2)sc2c1CCC(C)C2. The largest absolute Gasteiger partial charge is 0.497 e. The highest BCUT2D eigenvalue weighted by molar-refractivity contribution is 7.99. The average molecular weight is 518 g/mol. The Labute approximate surface area is 211 Å². The van der Waals surface area contributed by atoms with E-state index >= 15 is 0 Å². The van der Waals surface area contributed by atoms with Crippen LogP contribution in [0.4, 0.5) is 5.00 Å². The Kier molecular flexibility index (Phi) is 7.97. The molecule has 1 amide bonds. The molecule has 1 aromatic carbocycles. The van der Waals surface area contributed by atoms with Crippen LogP contribution in [-0.4, -0.2) is 48.7 Å². The van der Waals surface area contributed by atoms with Gasteiger partial charge in [-0.3, -0.25) is 4.79 Å². The Hall–Kier alpha value is -3.05. The molecule has 1 aliphatic carbocycles. The van der Waals surface area contributed by atoms with Gasteiger partial charge < -0.3 is 23.9 Å². The van der Waals surface area contributed by atoms with Gasteiger partial charge in [0.1, 0.15) is 16.5 Å². The maximum atomic E-state index is 12.8. The lowest BCUT2D eigenvalue weighted by atomic mass is 9.88. The number of thiophene rings is 1. The lowest BCUT2D eigenvalue weighted by Crippen LogP contribution is -2.17. The van der Waals surface area contributed by atoms with E-state index < -0.39 is 5.97 Å². The maximum Gasteiger partial charge on any atom is 0.341 e. The molecule has 9 nitrogen and oxygen atoms in total. The number of nitrogens with zero attached hydrogens (tertiary/aromatic N) is 2. The van der Waals surface area contributed by atoms with Gasteiger partial charge in [0.2, 0.25) is 5.91 Å². The molecule has 3 aromatic rings. The summed E-state index contributed by atoms with van der Waals surface area (Å²) in [6.07, 6.45) is 2.72. The molecule has 0 bridgehead atoms. The van der Waals surface area contributed by atoms with Crippen molar-refractivity contribution >= 4 is 40.0 Å². The molecule has 186 valence electrons. The Bertz CT molecular complexity index is 1220. The standard InChI is InChI=1S/C24H27N3O6S2/c1-5-32-23(29)20-15-8-6-13(2)10-18(15)35-22(20)25-19(28)12-34-24-27-26-21(33-24)16-11-14(30-3)7-9-17(16)31-4/h7,9,11,13H,5-6,8,10,12H2,1-4H3,(H,25,28). The van der Waals surface area contributed by atoms with Crippen molar-refractivity contribution in [2.24, 2.45) is 5.92 Å². The van der Waals surface area contributed by atoms with Crippen LogP contribution >= 0.6 is 23.1 Å². The third-order valence-corrected chi connectivity index (χ3v) is 7.60. The highest BCUT2D eigenvalue weighted by Crippen LogP contribution is 2.40. The van der Waals surface area contributed by atoms with Crippen LogP contribution in [0.15, 0.2) is 27.8 Å². The molecule has 0 aliphatic heterocycles. The topological polar surface area (TPSA) is 113 Å². The van der Waals surface area contributed by atoms with E-state index in [1.165, 1.54) is 11.3 Å². The summed E-state index contributed by atoms with van der Waals surface area (Å²) in [4.78, 5) is 26.5. The molecular formula is C24H27N3O6S2. The molecule has 1 N–H and O–H groups in total. The fourth-order valence-corrected chi connectivity index (χ4v) is 5.88. The molecule has 0 spiro atoms. The third kappa shape index (κ3) is 5.62. The second-order valence-corrected chi connectivity index (χ2v) is 10.1. The van der Waals surface area contributed by atoms with Crippen LogP contribution < -0.4 is 14.8 Å². The van der Waals surface area contributed by atoms with Gasteiger partial charge in [-0.2, -0.15) is 0 Å². The van der Waals surface area contributed by atoms with Gasteiger partial charge in [-0.15, -0.1) is 21.5 Å². The number of anilines is 1. The molecule has 0 saturated heterocycles. The number of nitrogens with one attached hydrogen (secondary N) is 1. The molecule has 0 fully saturated rings. The van der Waals surface area contributed by atoms with Gasteiger partial charge in [-0.05, 0) is 55.9 Å². The molecule has 1 atom stereocenters. The summed E-state index contributed by atoms with van der Waals surface area (Å²) in [6, 6.07) is 5.26. The van der Waals surface area contributed by atoms with E-state index in [0.717, 1.165) is 41.5 Å². The van der Waals surface area contributed by atoms with E-state index in [2.05, 4.69) is 22.4 Å². The van der Waals surface area contributed by atoms with E-state index in [1.807, 2.05) is 0 Å². The van der Waals surface area contributed by atoms with Gasteiger partial charge in [0, 0.05) is 4.88 Å². The first-order valence-corrected chi connectivity index (χ1v) is 13.0. The maximum absolute atomic E-state index is 12.8. The van der Waals surface area contributed by atoms with Gasteiger partial charge in [0.15, 0.2) is 0 Å². The van der Waals surface area contributed by atoms with Crippen molar-refractivity contribution in [3.63, 3.8) is 0 Å². The summed E-state index contributed by atoms with van der Waals surface area (Å²) in [5.41, 5.74) is 2.08. The molecule has 0 saturated carbocycles. The van der Waals surface area contributed by atoms with Crippen molar-refractivity contribution in [2.45, 2.75) is 38.3 Å². The minimum atomic E-state index is -0.392. The van der Waals surface area contributed by atoms with Gasteiger partial charge in [0.05, 0.1) is 37.7 Å². The molecule has 2 aromatic heterocycles. The Balaban J connectivity index is 1.45. The number of ether oxygens (including phenoxy) is 3. The predicted octanol–water partition coefficient (Wildman–Crippen LogP) is 4.85. The molecule has 1 unspecified atom stereocenters. The normalized spacial score (nSPS) is 14.8. The van der Waals surface area contributed by atoms with Crippen molar-refractivity contribution in [3.05, 3.63) is 34.2 Å². The quantitative estimate of drug-likeness (QED) is 0.314. The monoisotopic (exact) mass is 517 g/mol. The number of carbonyl (C=O) groups is 2. The number of methoxy groups -OCH3 is 2. The van der Waals surface area contributed by atoms with Crippen molar-refractivity contribution in [1.29, 1.82) is 0 Å². The smallest absolute Gasteiger partial charge is 0.341 e. The molecule has 4 rings (SSSR count). The van der Waals surface area contributed by atoms with Crippen molar-refractivity contribution in [1.82, 2.24) is 10.2 Å².